The third kappa shape index (κ3) is 3.49. The van der Waals surface area contributed by atoms with Gasteiger partial charge in [-0.1, -0.05) is 32.0 Å². The highest BCUT2D eigenvalue weighted by Gasteiger charge is 2.08. The third-order valence-electron chi connectivity index (χ3n) is 4.30. The van der Waals surface area contributed by atoms with Gasteiger partial charge >= 0.3 is 0 Å². The van der Waals surface area contributed by atoms with Gasteiger partial charge in [0.2, 0.25) is 0 Å². The summed E-state index contributed by atoms with van der Waals surface area (Å²) in [5.74, 6) is 0.340. The Kier molecular flexibility index (Phi) is 4.96. The quantitative estimate of drug-likeness (QED) is 0.655. The number of phenols is 1. The van der Waals surface area contributed by atoms with Crippen molar-refractivity contribution in [3.63, 3.8) is 0 Å². The Morgan fingerprint density at radius 1 is 1.04 bits per heavy atom. The molecular formula is C20H23N3O. The molecule has 0 aliphatic heterocycles. The molecule has 0 amide bonds. The molecule has 0 bridgehead atoms. The van der Waals surface area contributed by atoms with Crippen molar-refractivity contribution < 1.29 is 5.11 Å². The molecule has 124 valence electrons. The number of anilines is 2. The number of nitrogens with zero attached hydrogens (tertiary/aromatic N) is 2. The third-order valence-corrected chi connectivity index (χ3v) is 4.30. The van der Waals surface area contributed by atoms with Crippen LogP contribution in [-0.4, -0.2) is 28.1 Å². The average molecular weight is 321 g/mol. The van der Waals surface area contributed by atoms with E-state index in [1.807, 2.05) is 42.6 Å². The summed E-state index contributed by atoms with van der Waals surface area (Å²) >= 11 is 0. The number of pyridine rings is 1. The molecular weight excluding hydrogens is 298 g/mol. The standard InChI is InChI=1S/C20H23N3O/c1-3-23(4-2)14-15-13-16(9-10-20(15)24)22-19-11-12-21-18-8-6-5-7-17(18)19/h5-13,24H,3-4,14H2,1-2H3,(H,21,22). The molecule has 0 fully saturated rings. The maximum Gasteiger partial charge on any atom is 0.120 e. The van der Waals surface area contributed by atoms with Gasteiger partial charge in [-0.15, -0.1) is 0 Å². The number of hydrogen-bond donors (Lipinski definition) is 2. The fourth-order valence-corrected chi connectivity index (χ4v) is 2.84. The van der Waals surface area contributed by atoms with E-state index in [0.717, 1.165) is 47.5 Å². The van der Waals surface area contributed by atoms with Crippen LogP contribution in [0.4, 0.5) is 11.4 Å². The van der Waals surface area contributed by atoms with E-state index >= 15 is 0 Å². The van der Waals surface area contributed by atoms with Crippen molar-refractivity contribution in [1.29, 1.82) is 0 Å². The van der Waals surface area contributed by atoms with Gasteiger partial charge in [0.25, 0.3) is 0 Å². The number of aromatic nitrogens is 1. The minimum atomic E-state index is 0.340. The molecule has 0 unspecified atom stereocenters. The Labute approximate surface area is 142 Å². The molecule has 1 heterocycles. The number of phenolic OH excluding ortho intramolecular Hbond substituents is 1. The van der Waals surface area contributed by atoms with Crippen molar-refractivity contribution in [2.45, 2.75) is 20.4 Å². The minimum Gasteiger partial charge on any atom is -0.508 e. The highest BCUT2D eigenvalue weighted by molar-refractivity contribution is 5.92. The van der Waals surface area contributed by atoms with Crippen molar-refractivity contribution in [3.05, 3.63) is 60.3 Å². The van der Waals surface area contributed by atoms with Crippen molar-refractivity contribution in [3.8, 4) is 5.75 Å². The monoisotopic (exact) mass is 321 g/mol. The molecule has 0 saturated carbocycles. The van der Waals surface area contributed by atoms with Crippen LogP contribution >= 0.6 is 0 Å². The Balaban J connectivity index is 1.90. The summed E-state index contributed by atoms with van der Waals surface area (Å²) in [6, 6.07) is 15.7. The molecule has 0 atom stereocenters. The molecule has 0 radical (unpaired) electrons. The van der Waals surface area contributed by atoms with Gasteiger partial charge in [-0.3, -0.25) is 9.88 Å². The Morgan fingerprint density at radius 3 is 2.62 bits per heavy atom. The largest absolute Gasteiger partial charge is 0.508 e. The van der Waals surface area contributed by atoms with Crippen LogP contribution in [0.3, 0.4) is 0 Å². The Hall–Kier alpha value is -2.59. The van der Waals surface area contributed by atoms with Gasteiger partial charge in [-0.2, -0.15) is 0 Å². The van der Waals surface area contributed by atoms with Crippen LogP contribution < -0.4 is 5.32 Å². The fraction of sp³-hybridized carbons (Fsp3) is 0.250. The molecule has 2 N–H and O–H groups in total. The second kappa shape index (κ2) is 7.32. The maximum absolute atomic E-state index is 10.1. The van der Waals surface area contributed by atoms with E-state index in [-0.39, 0.29) is 0 Å². The summed E-state index contributed by atoms with van der Waals surface area (Å²) in [4.78, 5) is 6.67. The van der Waals surface area contributed by atoms with E-state index in [4.69, 9.17) is 0 Å². The SMILES string of the molecule is CCN(CC)Cc1cc(Nc2ccnc3ccccc23)ccc1O. The molecule has 4 heteroatoms. The van der Waals surface area contributed by atoms with Crippen LogP contribution in [0.25, 0.3) is 10.9 Å². The lowest BCUT2D eigenvalue weighted by Crippen LogP contribution is -2.22. The van der Waals surface area contributed by atoms with Gasteiger partial charge in [0.15, 0.2) is 0 Å². The van der Waals surface area contributed by atoms with E-state index in [9.17, 15) is 5.11 Å². The summed E-state index contributed by atoms with van der Waals surface area (Å²) in [6.45, 7) is 6.92. The zero-order valence-corrected chi connectivity index (χ0v) is 14.2. The second-order valence-corrected chi connectivity index (χ2v) is 5.81. The molecule has 0 aliphatic carbocycles. The number of nitrogens with one attached hydrogen (secondary N) is 1. The lowest BCUT2D eigenvalue weighted by atomic mass is 10.1. The van der Waals surface area contributed by atoms with E-state index in [2.05, 4.69) is 35.1 Å². The molecule has 2 aromatic carbocycles. The van der Waals surface area contributed by atoms with Gasteiger partial charge in [0, 0.05) is 35.1 Å². The van der Waals surface area contributed by atoms with Gasteiger partial charge in [-0.25, -0.2) is 0 Å². The summed E-state index contributed by atoms with van der Waals surface area (Å²) < 4.78 is 0. The number of hydrogen-bond acceptors (Lipinski definition) is 4. The van der Waals surface area contributed by atoms with Crippen LogP contribution in [0.5, 0.6) is 5.75 Å². The highest BCUT2D eigenvalue weighted by atomic mass is 16.3. The first-order valence-electron chi connectivity index (χ1n) is 8.36. The summed E-state index contributed by atoms with van der Waals surface area (Å²) in [6.07, 6.45) is 1.81. The normalized spacial score (nSPS) is 11.1. The maximum atomic E-state index is 10.1. The molecule has 3 aromatic rings. The van der Waals surface area contributed by atoms with Gasteiger partial charge < -0.3 is 10.4 Å². The van der Waals surface area contributed by atoms with Gasteiger partial charge in [-0.05, 0) is 43.4 Å². The molecule has 3 rings (SSSR count). The van der Waals surface area contributed by atoms with E-state index < -0.39 is 0 Å². The predicted octanol–water partition coefficient (Wildman–Crippen LogP) is 4.53. The molecule has 24 heavy (non-hydrogen) atoms. The number of rotatable bonds is 6. The topological polar surface area (TPSA) is 48.4 Å². The zero-order valence-electron chi connectivity index (χ0n) is 14.2. The first-order chi connectivity index (χ1) is 11.7. The van der Waals surface area contributed by atoms with E-state index in [1.54, 1.807) is 6.07 Å². The molecule has 1 aromatic heterocycles. The van der Waals surface area contributed by atoms with Gasteiger partial charge in [0.05, 0.1) is 5.52 Å². The number of fused-ring (bicyclic) bond motifs is 1. The van der Waals surface area contributed by atoms with Crippen LogP contribution in [0.2, 0.25) is 0 Å². The molecule has 4 nitrogen and oxygen atoms in total. The van der Waals surface area contributed by atoms with Crippen molar-refractivity contribution >= 4 is 22.3 Å². The Bertz CT molecular complexity index is 823. The summed E-state index contributed by atoms with van der Waals surface area (Å²) in [7, 11) is 0. The van der Waals surface area contributed by atoms with Crippen molar-refractivity contribution in [2.75, 3.05) is 18.4 Å². The minimum absolute atomic E-state index is 0.340. The number of benzene rings is 2. The Morgan fingerprint density at radius 2 is 1.83 bits per heavy atom. The van der Waals surface area contributed by atoms with Gasteiger partial charge in [0.1, 0.15) is 5.75 Å². The molecule has 0 aliphatic rings. The van der Waals surface area contributed by atoms with Crippen LogP contribution in [0, 0.1) is 0 Å². The first kappa shape index (κ1) is 16.3. The first-order valence-corrected chi connectivity index (χ1v) is 8.36. The van der Waals surface area contributed by atoms with E-state index in [0.29, 0.717) is 5.75 Å². The second-order valence-electron chi connectivity index (χ2n) is 5.81. The molecule has 0 spiro atoms. The molecule has 0 saturated heterocycles. The summed E-state index contributed by atoms with van der Waals surface area (Å²) in [5.41, 5.74) is 3.87. The number of aromatic hydroxyl groups is 1. The highest BCUT2D eigenvalue weighted by Crippen LogP contribution is 2.28. The zero-order chi connectivity index (χ0) is 16.9. The average Bonchev–Trinajstić information content (AvgIpc) is 2.62. The van der Waals surface area contributed by atoms with Crippen LogP contribution in [0.1, 0.15) is 19.4 Å². The summed E-state index contributed by atoms with van der Waals surface area (Å²) in [5, 5.41) is 14.7. The lowest BCUT2D eigenvalue weighted by Gasteiger charge is -2.19. The smallest absolute Gasteiger partial charge is 0.120 e. The van der Waals surface area contributed by atoms with Crippen LogP contribution in [-0.2, 0) is 6.54 Å². The van der Waals surface area contributed by atoms with Crippen molar-refractivity contribution in [1.82, 2.24) is 9.88 Å². The van der Waals surface area contributed by atoms with Crippen LogP contribution in [0.15, 0.2) is 54.7 Å². The predicted molar refractivity (Wildman–Crippen MR) is 99.8 cm³/mol. The fourth-order valence-electron chi connectivity index (χ4n) is 2.84. The number of para-hydroxylation sites is 1. The van der Waals surface area contributed by atoms with E-state index in [1.165, 1.54) is 0 Å². The lowest BCUT2D eigenvalue weighted by molar-refractivity contribution is 0.291. The van der Waals surface area contributed by atoms with Crippen molar-refractivity contribution in [2.24, 2.45) is 0 Å².